The summed E-state index contributed by atoms with van der Waals surface area (Å²) < 4.78 is 0. The van der Waals surface area contributed by atoms with E-state index in [-0.39, 0.29) is 18.4 Å². The number of carbonyl (C=O) groups is 2. The minimum atomic E-state index is -0.276. The van der Waals surface area contributed by atoms with Crippen LogP contribution in [0.4, 0.5) is 5.69 Å². The van der Waals surface area contributed by atoms with Crippen molar-refractivity contribution in [1.29, 1.82) is 0 Å². The van der Waals surface area contributed by atoms with E-state index in [1.807, 2.05) is 60.7 Å². The van der Waals surface area contributed by atoms with Crippen molar-refractivity contribution in [1.82, 2.24) is 14.9 Å². The van der Waals surface area contributed by atoms with Crippen molar-refractivity contribution in [3.05, 3.63) is 125 Å². The Kier molecular flexibility index (Phi) is 5.09. The molecule has 2 amide bonds. The van der Waals surface area contributed by atoms with E-state index in [1.165, 1.54) is 4.90 Å². The van der Waals surface area contributed by atoms with E-state index in [0.29, 0.717) is 33.5 Å². The van der Waals surface area contributed by atoms with Gasteiger partial charge in [0.05, 0.1) is 46.7 Å². The van der Waals surface area contributed by atoms with Crippen LogP contribution in [-0.4, -0.2) is 26.7 Å². The quantitative estimate of drug-likeness (QED) is 0.230. The van der Waals surface area contributed by atoms with E-state index in [2.05, 4.69) is 4.85 Å². The number of carbonyl (C=O) groups excluding carboxylic acids is 2. The van der Waals surface area contributed by atoms with Crippen LogP contribution in [0, 0.1) is 6.57 Å². The summed E-state index contributed by atoms with van der Waals surface area (Å²) in [7, 11) is 0. The molecule has 1 aromatic heterocycles. The summed E-state index contributed by atoms with van der Waals surface area (Å²) in [5.41, 5.74) is 6.81. The molecule has 6 rings (SSSR count). The van der Waals surface area contributed by atoms with Crippen LogP contribution in [0.25, 0.3) is 38.4 Å². The summed E-state index contributed by atoms with van der Waals surface area (Å²) in [6.07, 6.45) is 0. The van der Waals surface area contributed by atoms with Gasteiger partial charge in [-0.05, 0) is 29.8 Å². The Morgan fingerprint density at radius 1 is 0.667 bits per heavy atom. The molecular formula is C30H18N4O2. The predicted molar refractivity (Wildman–Crippen MR) is 137 cm³/mol. The zero-order valence-electron chi connectivity index (χ0n) is 19.1. The molecule has 0 unspecified atom stereocenters. The van der Waals surface area contributed by atoms with Gasteiger partial charge >= 0.3 is 0 Å². The van der Waals surface area contributed by atoms with Gasteiger partial charge in [-0.15, -0.1) is 0 Å². The SMILES string of the molecule is [C-]#[N+]c1ccc2nc(-c3ccccc3)c(-c3ccc(CN4C(=O)c5ccccc5C4=O)cc3)nc2c1. The molecule has 4 aromatic carbocycles. The first-order chi connectivity index (χ1) is 17.6. The summed E-state index contributed by atoms with van der Waals surface area (Å²) in [4.78, 5) is 40.0. The van der Waals surface area contributed by atoms with Crippen molar-refractivity contribution in [2.45, 2.75) is 6.54 Å². The van der Waals surface area contributed by atoms with Gasteiger partial charge in [0.15, 0.2) is 5.69 Å². The van der Waals surface area contributed by atoms with E-state index in [9.17, 15) is 9.59 Å². The van der Waals surface area contributed by atoms with Crippen molar-refractivity contribution in [2.75, 3.05) is 0 Å². The molecule has 0 saturated carbocycles. The molecule has 0 N–H and O–H groups in total. The van der Waals surface area contributed by atoms with Crippen LogP contribution in [0.5, 0.6) is 0 Å². The summed E-state index contributed by atoms with van der Waals surface area (Å²) in [5.74, 6) is -0.552. The summed E-state index contributed by atoms with van der Waals surface area (Å²) in [6.45, 7) is 7.52. The molecule has 1 aliphatic heterocycles. The van der Waals surface area contributed by atoms with Gasteiger partial charge in [0.1, 0.15) is 0 Å². The number of amides is 2. The van der Waals surface area contributed by atoms with Crippen molar-refractivity contribution in [2.24, 2.45) is 0 Å². The average molecular weight is 467 g/mol. The second-order valence-electron chi connectivity index (χ2n) is 8.51. The number of nitrogens with zero attached hydrogens (tertiary/aromatic N) is 4. The second-order valence-corrected chi connectivity index (χ2v) is 8.51. The lowest BCUT2D eigenvalue weighted by molar-refractivity contribution is 0.0642. The summed E-state index contributed by atoms with van der Waals surface area (Å²) in [6, 6.07) is 29.7. The fourth-order valence-electron chi connectivity index (χ4n) is 4.44. The van der Waals surface area contributed by atoms with Crippen molar-refractivity contribution < 1.29 is 9.59 Å². The standard InChI is InChI=1S/C30H18N4O2/c1-31-22-15-16-25-26(17-22)33-28(27(32-25)20-7-3-2-4-8-20)21-13-11-19(12-14-21)18-34-29(35)23-9-5-6-10-24(23)30(34)36/h2-17H,18H2. The van der Waals surface area contributed by atoms with Gasteiger partial charge in [0, 0.05) is 11.1 Å². The van der Waals surface area contributed by atoms with Crippen LogP contribution in [-0.2, 0) is 6.54 Å². The molecule has 6 nitrogen and oxygen atoms in total. The second kappa shape index (κ2) is 8.57. The Labute approximate surface area is 207 Å². The van der Waals surface area contributed by atoms with Gasteiger partial charge in [0.25, 0.3) is 11.8 Å². The topological polar surface area (TPSA) is 67.5 Å². The highest BCUT2D eigenvalue weighted by molar-refractivity contribution is 6.21. The van der Waals surface area contributed by atoms with Crippen LogP contribution in [0.2, 0.25) is 0 Å². The summed E-state index contributed by atoms with van der Waals surface area (Å²) in [5, 5.41) is 0. The van der Waals surface area contributed by atoms with Gasteiger partial charge < -0.3 is 0 Å². The zero-order valence-corrected chi connectivity index (χ0v) is 19.1. The lowest BCUT2D eigenvalue weighted by Gasteiger charge is -2.15. The maximum atomic E-state index is 12.7. The van der Waals surface area contributed by atoms with E-state index in [1.54, 1.807) is 36.4 Å². The fourth-order valence-corrected chi connectivity index (χ4v) is 4.44. The minimum Gasteiger partial charge on any atom is -0.270 e. The zero-order chi connectivity index (χ0) is 24.6. The van der Waals surface area contributed by atoms with Crippen LogP contribution >= 0.6 is 0 Å². The van der Waals surface area contributed by atoms with Crippen LogP contribution in [0.1, 0.15) is 26.3 Å². The third kappa shape index (κ3) is 3.60. The molecule has 6 heteroatoms. The lowest BCUT2D eigenvalue weighted by atomic mass is 10.0. The Morgan fingerprint density at radius 2 is 1.25 bits per heavy atom. The molecule has 0 radical (unpaired) electrons. The molecule has 0 spiro atoms. The first kappa shape index (κ1) is 21.4. The largest absolute Gasteiger partial charge is 0.270 e. The third-order valence-corrected chi connectivity index (χ3v) is 6.27. The highest BCUT2D eigenvalue weighted by Gasteiger charge is 2.34. The van der Waals surface area contributed by atoms with E-state index in [4.69, 9.17) is 16.5 Å². The Hall–Kier alpha value is -5.15. The molecule has 170 valence electrons. The Morgan fingerprint density at radius 3 is 1.89 bits per heavy atom. The average Bonchev–Trinajstić information content (AvgIpc) is 3.18. The molecule has 0 fully saturated rings. The molecular weight excluding hydrogens is 448 g/mol. The summed E-state index contributed by atoms with van der Waals surface area (Å²) >= 11 is 0. The van der Waals surface area contributed by atoms with Crippen molar-refractivity contribution >= 4 is 28.5 Å². The van der Waals surface area contributed by atoms with Crippen molar-refractivity contribution in [3.8, 4) is 22.5 Å². The molecule has 1 aliphatic rings. The minimum absolute atomic E-state index is 0.190. The van der Waals surface area contributed by atoms with Gasteiger partial charge in [0.2, 0.25) is 0 Å². The van der Waals surface area contributed by atoms with Gasteiger partial charge in [-0.2, -0.15) is 0 Å². The number of imide groups is 1. The first-order valence-electron chi connectivity index (χ1n) is 11.4. The van der Waals surface area contributed by atoms with Gasteiger partial charge in [-0.3, -0.25) is 14.5 Å². The lowest BCUT2D eigenvalue weighted by Crippen LogP contribution is -2.29. The first-order valence-corrected chi connectivity index (χ1v) is 11.4. The molecule has 5 aromatic rings. The third-order valence-electron chi connectivity index (χ3n) is 6.27. The van der Waals surface area contributed by atoms with E-state index >= 15 is 0 Å². The fraction of sp³-hybridized carbons (Fsp3) is 0.0333. The normalized spacial score (nSPS) is 12.6. The Bertz CT molecular complexity index is 1670. The molecule has 0 atom stereocenters. The highest BCUT2D eigenvalue weighted by Crippen LogP contribution is 2.32. The van der Waals surface area contributed by atoms with Crippen LogP contribution in [0.3, 0.4) is 0 Å². The van der Waals surface area contributed by atoms with E-state index < -0.39 is 0 Å². The molecule has 0 aliphatic carbocycles. The number of benzene rings is 4. The predicted octanol–water partition coefficient (Wildman–Crippen LogP) is 6.31. The number of fused-ring (bicyclic) bond motifs is 2. The monoisotopic (exact) mass is 466 g/mol. The smallest absolute Gasteiger partial charge is 0.261 e. The molecule has 0 saturated heterocycles. The van der Waals surface area contributed by atoms with Gasteiger partial charge in [-0.1, -0.05) is 72.8 Å². The van der Waals surface area contributed by atoms with Crippen molar-refractivity contribution in [3.63, 3.8) is 0 Å². The number of hydrogen-bond donors (Lipinski definition) is 0. The molecule has 0 bridgehead atoms. The maximum absolute atomic E-state index is 12.7. The number of aromatic nitrogens is 2. The van der Waals surface area contributed by atoms with Gasteiger partial charge in [-0.25, -0.2) is 14.8 Å². The number of rotatable bonds is 4. The van der Waals surface area contributed by atoms with Crippen LogP contribution < -0.4 is 0 Å². The number of hydrogen-bond acceptors (Lipinski definition) is 4. The molecule has 36 heavy (non-hydrogen) atoms. The molecule has 2 heterocycles. The Balaban J connectivity index is 1.38. The van der Waals surface area contributed by atoms with Crippen LogP contribution in [0.15, 0.2) is 97.1 Å². The highest BCUT2D eigenvalue weighted by atomic mass is 16.2. The maximum Gasteiger partial charge on any atom is 0.261 e. The van der Waals surface area contributed by atoms with E-state index in [0.717, 1.165) is 22.4 Å².